The number of rotatable bonds is 9. The van der Waals surface area contributed by atoms with Crippen molar-refractivity contribution >= 4 is 12.1 Å². The Balaban J connectivity index is 1.21. The highest BCUT2D eigenvalue weighted by atomic mass is 16.5. The smallest absolute Gasteiger partial charge is 0.407 e. The van der Waals surface area contributed by atoms with Crippen LogP contribution >= 0.6 is 0 Å². The predicted molar refractivity (Wildman–Crippen MR) is 119 cm³/mol. The number of carbonyl (C=O) groups is 2. The van der Waals surface area contributed by atoms with E-state index >= 15 is 0 Å². The summed E-state index contributed by atoms with van der Waals surface area (Å²) >= 11 is 0. The minimum atomic E-state index is -0.983. The summed E-state index contributed by atoms with van der Waals surface area (Å²) in [5.74, 6) is -1.03. The van der Waals surface area contributed by atoms with E-state index in [-0.39, 0.29) is 23.4 Å². The van der Waals surface area contributed by atoms with Crippen molar-refractivity contribution in [1.82, 2.24) is 5.32 Å². The lowest BCUT2D eigenvalue weighted by atomic mass is 9.32. The van der Waals surface area contributed by atoms with Gasteiger partial charge >= 0.3 is 12.1 Å². The number of hydrogen-bond donors (Lipinski definition) is 2. The number of benzene rings is 2. The average Bonchev–Trinajstić information content (AvgIpc) is 3.05. The molecule has 3 fully saturated rings. The van der Waals surface area contributed by atoms with E-state index in [4.69, 9.17) is 9.47 Å². The summed E-state index contributed by atoms with van der Waals surface area (Å²) in [6.45, 7) is 0.912. The molecule has 0 spiro atoms. The van der Waals surface area contributed by atoms with Crippen LogP contribution in [0.3, 0.4) is 0 Å². The summed E-state index contributed by atoms with van der Waals surface area (Å²) in [5, 5.41) is 12.5. The zero-order valence-corrected chi connectivity index (χ0v) is 18.3. The van der Waals surface area contributed by atoms with Crippen LogP contribution < -0.4 is 5.32 Å². The molecule has 4 aliphatic carbocycles. The van der Waals surface area contributed by atoms with Gasteiger partial charge in [-0.25, -0.2) is 9.59 Å². The van der Waals surface area contributed by atoms with Crippen LogP contribution in [0.25, 0.3) is 11.1 Å². The maximum atomic E-state index is 12.6. The first kappa shape index (κ1) is 21.0. The standard InChI is InChI=1S/C26H29NO5/c1-31-12-6-11-25-14-26(15-25,16-25)22(23(28)29)27-24(30)32-13-21-19-9-4-2-7-17(19)18-8-3-5-10-20(18)21/h2-5,7-10,21-22H,6,11-16H2,1H3,(H,27,30)(H,28,29). The molecular formula is C26H29NO5. The van der Waals surface area contributed by atoms with Crippen molar-refractivity contribution in [2.45, 2.75) is 44.1 Å². The van der Waals surface area contributed by atoms with Crippen molar-refractivity contribution in [1.29, 1.82) is 0 Å². The van der Waals surface area contributed by atoms with Crippen molar-refractivity contribution in [3.05, 3.63) is 59.7 Å². The quantitative estimate of drug-likeness (QED) is 0.564. The highest BCUT2D eigenvalue weighted by molar-refractivity contribution is 5.82. The van der Waals surface area contributed by atoms with Gasteiger partial charge in [-0.05, 0) is 59.8 Å². The molecule has 0 aliphatic heterocycles. The highest BCUT2D eigenvalue weighted by Gasteiger charge is 2.71. The lowest BCUT2D eigenvalue weighted by Gasteiger charge is -2.72. The number of methoxy groups -OCH3 is 1. The second kappa shape index (κ2) is 7.93. The third kappa shape index (κ3) is 3.37. The van der Waals surface area contributed by atoms with Crippen LogP contribution in [0.4, 0.5) is 4.79 Å². The number of carboxylic acids is 1. The Morgan fingerprint density at radius 1 is 1.06 bits per heavy atom. The van der Waals surface area contributed by atoms with Gasteiger partial charge in [0, 0.05) is 25.0 Å². The number of ether oxygens (including phenoxy) is 2. The molecule has 0 saturated heterocycles. The molecule has 2 bridgehead atoms. The Labute approximate surface area is 187 Å². The summed E-state index contributed by atoms with van der Waals surface area (Å²) in [4.78, 5) is 24.6. The van der Waals surface area contributed by atoms with Gasteiger partial charge in [-0.1, -0.05) is 48.5 Å². The molecule has 6 heteroatoms. The van der Waals surface area contributed by atoms with E-state index < -0.39 is 18.1 Å². The number of carbonyl (C=O) groups excluding carboxylic acids is 1. The van der Waals surface area contributed by atoms with E-state index in [1.165, 1.54) is 0 Å². The van der Waals surface area contributed by atoms with Gasteiger partial charge in [0.1, 0.15) is 12.6 Å². The van der Waals surface area contributed by atoms with Crippen molar-refractivity contribution in [2.75, 3.05) is 20.3 Å². The number of hydrogen-bond acceptors (Lipinski definition) is 4. The van der Waals surface area contributed by atoms with E-state index in [2.05, 4.69) is 29.6 Å². The first-order valence-corrected chi connectivity index (χ1v) is 11.3. The molecule has 32 heavy (non-hydrogen) atoms. The summed E-state index contributed by atoms with van der Waals surface area (Å²) in [6, 6.07) is 15.4. The number of nitrogens with one attached hydrogen (secondary N) is 1. The Hall–Kier alpha value is -2.86. The average molecular weight is 436 g/mol. The van der Waals surface area contributed by atoms with Crippen LogP contribution in [-0.2, 0) is 14.3 Å². The van der Waals surface area contributed by atoms with Crippen LogP contribution in [0, 0.1) is 10.8 Å². The second-order valence-electron chi connectivity index (χ2n) is 9.73. The van der Waals surface area contributed by atoms with Gasteiger partial charge in [0.05, 0.1) is 0 Å². The molecule has 2 aromatic carbocycles. The maximum Gasteiger partial charge on any atom is 0.407 e. The van der Waals surface area contributed by atoms with Gasteiger partial charge in [0.15, 0.2) is 0 Å². The number of aliphatic carboxylic acids is 1. The number of carboxylic acid groups (broad SMARTS) is 1. The SMILES string of the molecule is COCCCC12CC(C(NC(=O)OCC3c4ccccc4-c4ccccc43)C(=O)O)(C1)C2. The molecule has 1 unspecified atom stereocenters. The van der Waals surface area contributed by atoms with E-state index in [9.17, 15) is 14.7 Å². The number of alkyl carbamates (subject to hydrolysis) is 1. The normalized spacial score (nSPS) is 25.7. The van der Waals surface area contributed by atoms with Crippen molar-refractivity contribution in [2.24, 2.45) is 10.8 Å². The minimum Gasteiger partial charge on any atom is -0.480 e. The lowest BCUT2D eigenvalue weighted by molar-refractivity contribution is -0.228. The summed E-state index contributed by atoms with van der Waals surface area (Å²) < 4.78 is 10.7. The predicted octanol–water partition coefficient (Wildman–Crippen LogP) is 4.58. The van der Waals surface area contributed by atoms with Gasteiger partial charge in [0.2, 0.25) is 0 Å². The van der Waals surface area contributed by atoms with Crippen LogP contribution in [0.15, 0.2) is 48.5 Å². The van der Waals surface area contributed by atoms with E-state index in [1.807, 2.05) is 24.3 Å². The fraction of sp³-hybridized carbons (Fsp3) is 0.462. The molecule has 4 aliphatic rings. The van der Waals surface area contributed by atoms with Crippen LogP contribution in [0.2, 0.25) is 0 Å². The Morgan fingerprint density at radius 2 is 1.66 bits per heavy atom. The zero-order valence-electron chi connectivity index (χ0n) is 18.3. The van der Waals surface area contributed by atoms with E-state index in [1.54, 1.807) is 7.11 Å². The molecule has 3 saturated carbocycles. The van der Waals surface area contributed by atoms with Crippen molar-refractivity contribution in [3.8, 4) is 11.1 Å². The van der Waals surface area contributed by atoms with E-state index in [0.29, 0.717) is 0 Å². The van der Waals surface area contributed by atoms with Gasteiger partial charge in [-0.3, -0.25) is 0 Å². The summed E-state index contributed by atoms with van der Waals surface area (Å²) in [6.07, 6.45) is 3.95. The van der Waals surface area contributed by atoms with Crippen LogP contribution in [0.1, 0.15) is 49.1 Å². The van der Waals surface area contributed by atoms with Gasteiger partial charge in [-0.15, -0.1) is 0 Å². The molecule has 0 heterocycles. The van der Waals surface area contributed by atoms with E-state index in [0.717, 1.165) is 61.0 Å². The molecule has 168 valence electrons. The molecule has 0 radical (unpaired) electrons. The Bertz CT molecular complexity index is 983. The molecule has 2 aromatic rings. The van der Waals surface area contributed by atoms with Gasteiger partial charge in [-0.2, -0.15) is 0 Å². The number of amides is 1. The molecule has 1 atom stereocenters. The fourth-order valence-electron chi connectivity index (χ4n) is 6.48. The molecule has 6 rings (SSSR count). The zero-order chi connectivity index (χ0) is 22.3. The Kier molecular flexibility index (Phi) is 5.20. The molecule has 1 amide bonds. The summed E-state index contributed by atoms with van der Waals surface area (Å²) in [5.41, 5.74) is 4.50. The molecule has 0 aromatic heterocycles. The monoisotopic (exact) mass is 435 g/mol. The van der Waals surface area contributed by atoms with Crippen molar-refractivity contribution < 1.29 is 24.2 Å². The largest absolute Gasteiger partial charge is 0.480 e. The van der Waals surface area contributed by atoms with Crippen LogP contribution in [0.5, 0.6) is 0 Å². The maximum absolute atomic E-state index is 12.6. The summed E-state index contributed by atoms with van der Waals surface area (Å²) in [7, 11) is 1.70. The van der Waals surface area contributed by atoms with Gasteiger partial charge < -0.3 is 19.9 Å². The van der Waals surface area contributed by atoms with Crippen molar-refractivity contribution in [3.63, 3.8) is 0 Å². The Morgan fingerprint density at radius 3 is 2.22 bits per heavy atom. The third-order valence-electron chi connectivity index (χ3n) is 7.70. The minimum absolute atomic E-state index is 0.0459. The molecule has 6 nitrogen and oxygen atoms in total. The highest BCUT2D eigenvalue weighted by Crippen LogP contribution is 2.76. The number of fused-ring (bicyclic) bond motifs is 3. The second-order valence-corrected chi connectivity index (χ2v) is 9.73. The lowest BCUT2D eigenvalue weighted by Crippen LogP contribution is -2.71. The molecule has 2 N–H and O–H groups in total. The first-order valence-electron chi connectivity index (χ1n) is 11.3. The first-order chi connectivity index (χ1) is 15.5. The fourth-order valence-corrected chi connectivity index (χ4v) is 6.48. The molecular weight excluding hydrogens is 406 g/mol. The van der Waals surface area contributed by atoms with Gasteiger partial charge in [0.25, 0.3) is 0 Å². The topological polar surface area (TPSA) is 84.9 Å². The third-order valence-corrected chi connectivity index (χ3v) is 7.70. The van der Waals surface area contributed by atoms with Crippen LogP contribution in [-0.4, -0.2) is 43.5 Å².